The molecule has 6 heteroatoms. The number of nitrogens with zero attached hydrogens (tertiary/aromatic N) is 1. The summed E-state index contributed by atoms with van der Waals surface area (Å²) in [6, 6.07) is 14.6. The van der Waals surface area contributed by atoms with Gasteiger partial charge in [-0.3, -0.25) is 9.59 Å². The zero-order valence-electron chi connectivity index (χ0n) is 17.0. The van der Waals surface area contributed by atoms with E-state index in [1.807, 2.05) is 13.8 Å². The van der Waals surface area contributed by atoms with Gasteiger partial charge in [0.05, 0.1) is 0 Å². The molecule has 0 spiro atoms. The lowest BCUT2D eigenvalue weighted by molar-refractivity contribution is -0.114. The number of anilines is 4. The van der Waals surface area contributed by atoms with Gasteiger partial charge in [-0.25, -0.2) is 4.98 Å². The number of amides is 2. The van der Waals surface area contributed by atoms with Gasteiger partial charge in [-0.1, -0.05) is 23.8 Å². The highest BCUT2D eigenvalue weighted by Gasteiger charge is 2.10. The van der Waals surface area contributed by atoms with Crippen molar-refractivity contribution in [1.29, 1.82) is 0 Å². The molecular formula is C23H24N4O2. The predicted octanol–water partition coefficient (Wildman–Crippen LogP) is 4.96. The fourth-order valence-corrected chi connectivity index (χ4v) is 3.23. The molecule has 2 amide bonds. The molecule has 1 heterocycles. The third-order valence-electron chi connectivity index (χ3n) is 4.39. The van der Waals surface area contributed by atoms with Crippen LogP contribution in [0.3, 0.4) is 0 Å². The molecule has 0 atom stereocenters. The number of carbonyl (C=O) groups excluding carboxylic acids is 2. The number of pyridine rings is 1. The van der Waals surface area contributed by atoms with Crippen molar-refractivity contribution in [2.75, 3.05) is 16.0 Å². The van der Waals surface area contributed by atoms with Crippen LogP contribution < -0.4 is 16.0 Å². The van der Waals surface area contributed by atoms with Crippen LogP contribution in [0, 0.1) is 20.8 Å². The standard InChI is InChI=1S/C23H24N4O2/c1-14-10-15(2)22(16(3)11-14)27-21-12-18(8-9-24-21)23(29)26-20-7-5-6-19(13-20)25-17(4)28/h5-13H,1-4H3,(H,24,27)(H,25,28)(H,26,29). The number of rotatable bonds is 5. The summed E-state index contributed by atoms with van der Waals surface area (Å²) >= 11 is 0. The fourth-order valence-electron chi connectivity index (χ4n) is 3.23. The number of aromatic nitrogens is 1. The van der Waals surface area contributed by atoms with E-state index in [-0.39, 0.29) is 11.8 Å². The number of carbonyl (C=O) groups is 2. The van der Waals surface area contributed by atoms with Crippen LogP contribution in [0.15, 0.2) is 54.7 Å². The lowest BCUT2D eigenvalue weighted by Crippen LogP contribution is -2.13. The lowest BCUT2D eigenvalue weighted by Gasteiger charge is -2.14. The fraction of sp³-hybridized carbons (Fsp3) is 0.174. The van der Waals surface area contributed by atoms with Gasteiger partial charge >= 0.3 is 0 Å². The molecule has 0 radical (unpaired) electrons. The van der Waals surface area contributed by atoms with Crippen LogP contribution in [0.2, 0.25) is 0 Å². The van der Waals surface area contributed by atoms with Gasteiger partial charge in [0, 0.05) is 35.7 Å². The number of benzene rings is 2. The van der Waals surface area contributed by atoms with Crippen molar-refractivity contribution in [1.82, 2.24) is 4.98 Å². The van der Waals surface area contributed by atoms with E-state index < -0.39 is 0 Å². The molecule has 2 aromatic carbocycles. The maximum Gasteiger partial charge on any atom is 0.255 e. The van der Waals surface area contributed by atoms with E-state index in [0.717, 1.165) is 16.8 Å². The third-order valence-corrected chi connectivity index (χ3v) is 4.39. The highest BCUT2D eigenvalue weighted by molar-refractivity contribution is 6.05. The molecule has 1 aromatic heterocycles. The molecule has 0 saturated heterocycles. The van der Waals surface area contributed by atoms with E-state index in [4.69, 9.17) is 0 Å². The molecule has 29 heavy (non-hydrogen) atoms. The average Bonchev–Trinajstić information content (AvgIpc) is 2.64. The summed E-state index contributed by atoms with van der Waals surface area (Å²) in [6.45, 7) is 7.59. The second kappa shape index (κ2) is 8.56. The normalized spacial score (nSPS) is 10.3. The number of hydrogen-bond donors (Lipinski definition) is 3. The first kappa shape index (κ1) is 20.1. The molecule has 3 aromatic rings. The molecule has 0 aliphatic rings. The molecule has 6 nitrogen and oxygen atoms in total. The zero-order valence-corrected chi connectivity index (χ0v) is 17.0. The number of nitrogens with one attached hydrogen (secondary N) is 3. The molecule has 3 rings (SSSR count). The van der Waals surface area contributed by atoms with E-state index in [1.165, 1.54) is 12.5 Å². The molecule has 0 bridgehead atoms. The summed E-state index contributed by atoms with van der Waals surface area (Å²) < 4.78 is 0. The Morgan fingerprint density at radius 1 is 0.862 bits per heavy atom. The van der Waals surface area contributed by atoms with Gasteiger partial charge in [-0.2, -0.15) is 0 Å². The van der Waals surface area contributed by atoms with Crippen molar-refractivity contribution >= 4 is 34.7 Å². The Kier molecular flexibility index (Phi) is 5.93. The van der Waals surface area contributed by atoms with Gasteiger partial charge in [0.1, 0.15) is 5.82 Å². The topological polar surface area (TPSA) is 83.1 Å². The molecule has 0 fully saturated rings. The Bertz CT molecular complexity index is 1050. The van der Waals surface area contributed by atoms with Crippen LogP contribution >= 0.6 is 0 Å². The van der Waals surface area contributed by atoms with Crippen molar-refractivity contribution in [3.05, 3.63) is 77.0 Å². The average molecular weight is 388 g/mol. The van der Waals surface area contributed by atoms with Crippen LogP contribution in [0.25, 0.3) is 0 Å². The van der Waals surface area contributed by atoms with E-state index in [1.54, 1.807) is 42.6 Å². The summed E-state index contributed by atoms with van der Waals surface area (Å²) in [7, 11) is 0. The maximum atomic E-state index is 12.7. The Balaban J connectivity index is 1.77. The minimum atomic E-state index is -0.257. The first-order valence-electron chi connectivity index (χ1n) is 9.32. The largest absolute Gasteiger partial charge is 0.340 e. The van der Waals surface area contributed by atoms with Gasteiger partial charge in [-0.15, -0.1) is 0 Å². The molecular weight excluding hydrogens is 364 g/mol. The summed E-state index contributed by atoms with van der Waals surface area (Å²) in [5.74, 6) is 0.174. The Hall–Kier alpha value is -3.67. The third kappa shape index (κ3) is 5.19. The molecule has 3 N–H and O–H groups in total. The van der Waals surface area contributed by atoms with Crippen molar-refractivity contribution in [2.24, 2.45) is 0 Å². The SMILES string of the molecule is CC(=O)Nc1cccc(NC(=O)c2ccnc(Nc3c(C)cc(C)cc3C)c2)c1. The van der Waals surface area contributed by atoms with Gasteiger partial charge in [0.2, 0.25) is 5.91 Å². The van der Waals surface area contributed by atoms with Gasteiger partial charge in [0.25, 0.3) is 5.91 Å². The smallest absolute Gasteiger partial charge is 0.255 e. The van der Waals surface area contributed by atoms with Crippen molar-refractivity contribution in [3.8, 4) is 0 Å². The summed E-state index contributed by atoms with van der Waals surface area (Å²) in [5, 5.41) is 8.87. The van der Waals surface area contributed by atoms with Crippen LogP contribution in [-0.2, 0) is 4.79 Å². The Morgan fingerprint density at radius 2 is 1.52 bits per heavy atom. The monoisotopic (exact) mass is 388 g/mol. The minimum Gasteiger partial charge on any atom is -0.340 e. The van der Waals surface area contributed by atoms with E-state index >= 15 is 0 Å². The summed E-state index contributed by atoms with van der Waals surface area (Å²) in [4.78, 5) is 28.2. The lowest BCUT2D eigenvalue weighted by atomic mass is 10.1. The number of hydrogen-bond acceptors (Lipinski definition) is 4. The van der Waals surface area contributed by atoms with E-state index in [9.17, 15) is 9.59 Å². The molecule has 0 aliphatic heterocycles. The molecule has 0 unspecified atom stereocenters. The van der Waals surface area contributed by atoms with Crippen molar-refractivity contribution < 1.29 is 9.59 Å². The second-order valence-corrected chi connectivity index (χ2v) is 7.04. The molecule has 148 valence electrons. The Morgan fingerprint density at radius 3 is 2.17 bits per heavy atom. The van der Waals surface area contributed by atoms with Gasteiger partial charge in [-0.05, 0) is 62.2 Å². The minimum absolute atomic E-state index is 0.167. The van der Waals surface area contributed by atoms with E-state index in [2.05, 4.69) is 40.0 Å². The van der Waals surface area contributed by atoms with Crippen LogP contribution in [0.4, 0.5) is 22.9 Å². The highest BCUT2D eigenvalue weighted by Crippen LogP contribution is 2.25. The predicted molar refractivity (Wildman–Crippen MR) is 117 cm³/mol. The molecule has 0 aliphatic carbocycles. The van der Waals surface area contributed by atoms with Gasteiger partial charge < -0.3 is 16.0 Å². The maximum absolute atomic E-state index is 12.7. The quantitative estimate of drug-likeness (QED) is 0.577. The summed E-state index contributed by atoms with van der Waals surface area (Å²) in [5.41, 5.74) is 6.13. The van der Waals surface area contributed by atoms with Crippen LogP contribution in [-0.4, -0.2) is 16.8 Å². The summed E-state index contributed by atoms with van der Waals surface area (Å²) in [6.07, 6.45) is 1.60. The highest BCUT2D eigenvalue weighted by atomic mass is 16.2. The first-order chi connectivity index (χ1) is 13.8. The van der Waals surface area contributed by atoms with Gasteiger partial charge in [0.15, 0.2) is 0 Å². The molecule has 0 saturated carbocycles. The van der Waals surface area contributed by atoms with Crippen molar-refractivity contribution in [3.63, 3.8) is 0 Å². The zero-order chi connectivity index (χ0) is 21.0. The Labute approximate surface area is 170 Å². The second-order valence-electron chi connectivity index (χ2n) is 7.04. The van der Waals surface area contributed by atoms with Crippen molar-refractivity contribution in [2.45, 2.75) is 27.7 Å². The van der Waals surface area contributed by atoms with Crippen LogP contribution in [0.5, 0.6) is 0 Å². The van der Waals surface area contributed by atoms with Crippen LogP contribution in [0.1, 0.15) is 34.0 Å². The van der Waals surface area contributed by atoms with E-state index in [0.29, 0.717) is 22.8 Å². The first-order valence-corrected chi connectivity index (χ1v) is 9.32. The number of aryl methyl sites for hydroxylation is 3.